The number of nitrogens with one attached hydrogen (secondary N) is 1. The molecular weight excluding hydrogens is 220 g/mol. The van der Waals surface area contributed by atoms with E-state index in [4.69, 9.17) is 5.11 Å². The van der Waals surface area contributed by atoms with Crippen LogP contribution in [0.1, 0.15) is 11.6 Å². The van der Waals surface area contributed by atoms with Crippen LogP contribution in [0.3, 0.4) is 0 Å². The Kier molecular flexibility index (Phi) is 2.82. The highest BCUT2D eigenvalue weighted by Crippen LogP contribution is 2.23. The summed E-state index contributed by atoms with van der Waals surface area (Å²) in [7, 11) is 0. The maximum Gasteiger partial charge on any atom is 0.325 e. The van der Waals surface area contributed by atoms with E-state index in [2.05, 4.69) is 11.9 Å². The molecule has 1 heterocycles. The zero-order chi connectivity index (χ0) is 12.4. The predicted octanol–water partition coefficient (Wildman–Crippen LogP) is 1.17. The molecule has 2 N–H and O–H groups in total. The molecule has 1 saturated heterocycles. The number of phenolic OH excluding ortho intramolecular Hbond substituents is 1. The molecule has 0 radical (unpaired) electrons. The third-order valence-corrected chi connectivity index (χ3v) is 2.56. The lowest BCUT2D eigenvalue weighted by Gasteiger charge is -2.10. The third-order valence-electron chi connectivity index (χ3n) is 2.56. The third kappa shape index (κ3) is 1.99. The lowest BCUT2D eigenvalue weighted by molar-refractivity contribution is -0.127. The van der Waals surface area contributed by atoms with Gasteiger partial charge in [0.2, 0.25) is 0 Å². The lowest BCUT2D eigenvalue weighted by Crippen LogP contribution is -2.30. The SMILES string of the molecule is C=CCN1C(=O)NC(c2ccc(O)cc2)C1=O. The van der Waals surface area contributed by atoms with Gasteiger partial charge in [-0.05, 0) is 17.7 Å². The number of hydrogen-bond donors (Lipinski definition) is 2. The number of urea groups is 1. The lowest BCUT2D eigenvalue weighted by atomic mass is 10.1. The predicted molar refractivity (Wildman–Crippen MR) is 61.3 cm³/mol. The molecule has 5 nitrogen and oxygen atoms in total. The van der Waals surface area contributed by atoms with Crippen molar-refractivity contribution in [2.24, 2.45) is 0 Å². The number of rotatable bonds is 3. The zero-order valence-corrected chi connectivity index (χ0v) is 9.09. The van der Waals surface area contributed by atoms with Gasteiger partial charge in [0.15, 0.2) is 0 Å². The van der Waals surface area contributed by atoms with Gasteiger partial charge in [-0.25, -0.2) is 4.79 Å². The highest BCUT2D eigenvalue weighted by molar-refractivity contribution is 6.04. The molecule has 1 atom stereocenters. The number of phenols is 1. The van der Waals surface area contributed by atoms with E-state index in [1.807, 2.05) is 0 Å². The van der Waals surface area contributed by atoms with Gasteiger partial charge in [0, 0.05) is 6.54 Å². The largest absolute Gasteiger partial charge is 0.508 e. The van der Waals surface area contributed by atoms with Crippen molar-refractivity contribution >= 4 is 11.9 Å². The fourth-order valence-corrected chi connectivity index (χ4v) is 1.71. The fourth-order valence-electron chi connectivity index (χ4n) is 1.71. The normalized spacial score (nSPS) is 19.3. The summed E-state index contributed by atoms with van der Waals surface area (Å²) >= 11 is 0. The van der Waals surface area contributed by atoms with Crippen LogP contribution in [-0.4, -0.2) is 28.5 Å². The summed E-state index contributed by atoms with van der Waals surface area (Å²) in [6, 6.07) is 5.07. The van der Waals surface area contributed by atoms with Crippen molar-refractivity contribution in [2.45, 2.75) is 6.04 Å². The standard InChI is InChI=1S/C12H12N2O3/c1-2-7-14-11(16)10(13-12(14)17)8-3-5-9(15)6-4-8/h2-6,10,15H,1,7H2,(H,13,17). The minimum Gasteiger partial charge on any atom is -0.508 e. The number of amides is 3. The molecule has 1 aromatic rings. The maximum atomic E-state index is 11.9. The number of nitrogens with zero attached hydrogens (tertiary/aromatic N) is 1. The van der Waals surface area contributed by atoms with Crippen LogP contribution in [-0.2, 0) is 4.79 Å². The van der Waals surface area contributed by atoms with E-state index in [9.17, 15) is 9.59 Å². The van der Waals surface area contributed by atoms with Crippen molar-refractivity contribution in [3.8, 4) is 5.75 Å². The van der Waals surface area contributed by atoms with Crippen LogP contribution in [0.2, 0.25) is 0 Å². The van der Waals surface area contributed by atoms with Crippen LogP contribution in [0.5, 0.6) is 5.75 Å². The molecule has 1 fully saturated rings. The van der Waals surface area contributed by atoms with Crippen LogP contribution in [0.25, 0.3) is 0 Å². The Labute approximate surface area is 98.4 Å². The Bertz CT molecular complexity index is 467. The summed E-state index contributed by atoms with van der Waals surface area (Å²) in [5, 5.41) is 11.7. The Balaban J connectivity index is 2.24. The summed E-state index contributed by atoms with van der Waals surface area (Å²) in [5.74, 6) is -0.186. The van der Waals surface area contributed by atoms with Crippen LogP contribution in [0.4, 0.5) is 4.79 Å². The molecule has 1 unspecified atom stereocenters. The minimum atomic E-state index is -0.678. The molecule has 0 aliphatic carbocycles. The second-order valence-corrected chi connectivity index (χ2v) is 3.71. The van der Waals surface area contributed by atoms with Crippen molar-refractivity contribution in [1.82, 2.24) is 10.2 Å². The number of imide groups is 1. The van der Waals surface area contributed by atoms with Gasteiger partial charge in [-0.1, -0.05) is 18.2 Å². The number of carbonyl (C=O) groups is 2. The molecule has 2 rings (SSSR count). The van der Waals surface area contributed by atoms with Gasteiger partial charge in [-0.2, -0.15) is 0 Å². The zero-order valence-electron chi connectivity index (χ0n) is 9.09. The topological polar surface area (TPSA) is 69.6 Å². The summed E-state index contributed by atoms with van der Waals surface area (Å²) in [4.78, 5) is 24.5. The summed E-state index contributed by atoms with van der Waals surface area (Å²) in [6.07, 6.45) is 1.50. The van der Waals surface area contributed by atoms with Gasteiger partial charge >= 0.3 is 6.03 Å². The van der Waals surface area contributed by atoms with Crippen molar-refractivity contribution in [1.29, 1.82) is 0 Å². The second-order valence-electron chi connectivity index (χ2n) is 3.71. The van der Waals surface area contributed by atoms with Crippen molar-refractivity contribution < 1.29 is 14.7 Å². The van der Waals surface area contributed by atoms with Gasteiger partial charge in [0.25, 0.3) is 5.91 Å². The molecule has 5 heteroatoms. The average molecular weight is 232 g/mol. The maximum absolute atomic E-state index is 11.9. The molecule has 88 valence electrons. The first-order valence-corrected chi connectivity index (χ1v) is 5.15. The van der Waals surface area contributed by atoms with E-state index < -0.39 is 12.1 Å². The van der Waals surface area contributed by atoms with E-state index in [1.165, 1.54) is 18.2 Å². The van der Waals surface area contributed by atoms with E-state index in [0.29, 0.717) is 5.56 Å². The summed E-state index contributed by atoms with van der Waals surface area (Å²) in [5.41, 5.74) is 0.646. The molecule has 1 aromatic carbocycles. The van der Waals surface area contributed by atoms with E-state index >= 15 is 0 Å². The first-order chi connectivity index (χ1) is 8.13. The monoisotopic (exact) mass is 232 g/mol. The molecule has 0 aromatic heterocycles. The number of benzene rings is 1. The molecule has 1 aliphatic heterocycles. The average Bonchev–Trinajstić information content (AvgIpc) is 2.59. The fraction of sp³-hybridized carbons (Fsp3) is 0.167. The quantitative estimate of drug-likeness (QED) is 0.607. The van der Waals surface area contributed by atoms with Gasteiger partial charge in [0.1, 0.15) is 11.8 Å². The van der Waals surface area contributed by atoms with Gasteiger partial charge in [-0.3, -0.25) is 9.69 Å². The van der Waals surface area contributed by atoms with Crippen molar-refractivity contribution in [2.75, 3.05) is 6.54 Å². The van der Waals surface area contributed by atoms with Crippen LogP contribution in [0, 0.1) is 0 Å². The van der Waals surface area contributed by atoms with Gasteiger partial charge in [0.05, 0.1) is 0 Å². The number of hydrogen-bond acceptors (Lipinski definition) is 3. The van der Waals surface area contributed by atoms with Crippen molar-refractivity contribution in [3.05, 3.63) is 42.5 Å². The van der Waals surface area contributed by atoms with Gasteiger partial charge in [-0.15, -0.1) is 6.58 Å². The van der Waals surface area contributed by atoms with E-state index in [1.54, 1.807) is 12.1 Å². The van der Waals surface area contributed by atoms with Crippen molar-refractivity contribution in [3.63, 3.8) is 0 Å². The molecule has 3 amide bonds. The Morgan fingerprint density at radius 1 is 1.35 bits per heavy atom. The van der Waals surface area contributed by atoms with Crippen LogP contribution >= 0.6 is 0 Å². The molecule has 0 spiro atoms. The van der Waals surface area contributed by atoms with Crippen LogP contribution < -0.4 is 5.32 Å². The molecule has 17 heavy (non-hydrogen) atoms. The van der Waals surface area contributed by atoms with E-state index in [0.717, 1.165) is 4.90 Å². The Morgan fingerprint density at radius 3 is 2.59 bits per heavy atom. The molecule has 1 aliphatic rings. The van der Waals surface area contributed by atoms with Crippen LogP contribution in [0.15, 0.2) is 36.9 Å². The van der Waals surface area contributed by atoms with Gasteiger partial charge < -0.3 is 10.4 Å². The summed E-state index contributed by atoms with van der Waals surface area (Å²) < 4.78 is 0. The highest BCUT2D eigenvalue weighted by Gasteiger charge is 2.37. The number of aromatic hydroxyl groups is 1. The first kappa shape index (κ1) is 11.2. The highest BCUT2D eigenvalue weighted by atomic mass is 16.3. The summed E-state index contributed by atoms with van der Waals surface area (Å²) in [6.45, 7) is 3.69. The second kappa shape index (κ2) is 4.29. The number of carbonyl (C=O) groups excluding carboxylic acids is 2. The Hall–Kier alpha value is -2.30. The van der Waals surface area contributed by atoms with E-state index in [-0.39, 0.29) is 18.2 Å². The molecule has 0 saturated carbocycles. The smallest absolute Gasteiger partial charge is 0.325 e. The minimum absolute atomic E-state index is 0.119. The molecule has 0 bridgehead atoms. The molecular formula is C12H12N2O3. The first-order valence-electron chi connectivity index (χ1n) is 5.15. The Morgan fingerprint density at radius 2 is 2.00 bits per heavy atom.